The van der Waals surface area contributed by atoms with Gasteiger partial charge in [-0.25, -0.2) is 0 Å². The Balaban J connectivity index is 2.45. The zero-order valence-corrected chi connectivity index (χ0v) is 15.0. The summed E-state index contributed by atoms with van der Waals surface area (Å²) in [5, 5.41) is 16.1. The first kappa shape index (κ1) is 19.4. The van der Waals surface area contributed by atoms with Crippen LogP contribution in [0.3, 0.4) is 0 Å². The summed E-state index contributed by atoms with van der Waals surface area (Å²) in [6.45, 7) is 6.59. The fourth-order valence-corrected chi connectivity index (χ4v) is 2.83. The lowest BCUT2D eigenvalue weighted by Gasteiger charge is -2.17. The third-order valence-electron chi connectivity index (χ3n) is 3.14. The van der Waals surface area contributed by atoms with E-state index in [2.05, 4.69) is 23.6 Å². The van der Waals surface area contributed by atoms with Gasteiger partial charge >= 0.3 is 0 Å². The SMILES string of the molecule is CCc1cc(CSCCN/C(=C/[N+](=O)[O-])NC)oc1C(C)(C)N. The first-order valence-corrected chi connectivity index (χ1v) is 8.69. The van der Waals surface area contributed by atoms with Crippen LogP contribution in [0.1, 0.15) is 37.9 Å². The molecule has 0 saturated heterocycles. The summed E-state index contributed by atoms with van der Waals surface area (Å²) >= 11 is 1.70. The van der Waals surface area contributed by atoms with Gasteiger partial charge in [-0.15, -0.1) is 0 Å². The maximum Gasteiger partial charge on any atom is 0.274 e. The number of nitro groups is 1. The van der Waals surface area contributed by atoms with Crippen LogP contribution >= 0.6 is 11.8 Å². The number of furan rings is 1. The van der Waals surface area contributed by atoms with Gasteiger partial charge in [-0.3, -0.25) is 10.1 Å². The molecule has 0 radical (unpaired) electrons. The van der Waals surface area contributed by atoms with Crippen LogP contribution in [-0.2, 0) is 17.7 Å². The van der Waals surface area contributed by atoms with E-state index < -0.39 is 10.5 Å². The first-order chi connectivity index (χ1) is 10.8. The topological polar surface area (TPSA) is 106 Å². The molecular weight excluding hydrogens is 316 g/mol. The Labute approximate surface area is 141 Å². The predicted octanol–water partition coefficient (Wildman–Crippen LogP) is 2.15. The second-order valence-corrected chi connectivity index (χ2v) is 6.80. The number of hydrogen-bond donors (Lipinski definition) is 3. The molecule has 0 bridgehead atoms. The average molecular weight is 342 g/mol. The van der Waals surface area contributed by atoms with Gasteiger partial charge in [0.05, 0.1) is 16.2 Å². The van der Waals surface area contributed by atoms with Crippen LogP contribution in [0.4, 0.5) is 0 Å². The summed E-state index contributed by atoms with van der Waals surface area (Å²) in [6.07, 6.45) is 1.81. The van der Waals surface area contributed by atoms with E-state index in [1.54, 1.807) is 18.8 Å². The van der Waals surface area contributed by atoms with Gasteiger partial charge in [0.1, 0.15) is 11.5 Å². The highest BCUT2D eigenvalue weighted by molar-refractivity contribution is 7.98. The van der Waals surface area contributed by atoms with Gasteiger partial charge in [0.25, 0.3) is 6.20 Å². The summed E-state index contributed by atoms with van der Waals surface area (Å²) in [7, 11) is 1.64. The molecule has 0 atom stereocenters. The molecule has 4 N–H and O–H groups in total. The van der Waals surface area contributed by atoms with Gasteiger partial charge in [0.2, 0.25) is 0 Å². The smallest absolute Gasteiger partial charge is 0.274 e. The largest absolute Gasteiger partial charge is 0.463 e. The van der Waals surface area contributed by atoms with Crippen molar-refractivity contribution in [2.45, 2.75) is 38.5 Å². The van der Waals surface area contributed by atoms with Crippen LogP contribution in [0, 0.1) is 10.1 Å². The van der Waals surface area contributed by atoms with E-state index in [0.717, 1.165) is 41.2 Å². The Morgan fingerprint density at radius 2 is 2.26 bits per heavy atom. The van der Waals surface area contributed by atoms with Crippen molar-refractivity contribution in [3.63, 3.8) is 0 Å². The molecule has 23 heavy (non-hydrogen) atoms. The van der Waals surface area contributed by atoms with Crippen molar-refractivity contribution in [1.29, 1.82) is 0 Å². The van der Waals surface area contributed by atoms with Gasteiger partial charge in [-0.05, 0) is 31.9 Å². The molecule has 1 rings (SSSR count). The van der Waals surface area contributed by atoms with Crippen molar-refractivity contribution < 1.29 is 9.34 Å². The molecule has 0 unspecified atom stereocenters. The lowest BCUT2D eigenvalue weighted by molar-refractivity contribution is -0.404. The molecule has 0 spiro atoms. The minimum absolute atomic E-state index is 0.397. The highest BCUT2D eigenvalue weighted by Crippen LogP contribution is 2.27. The molecule has 7 nitrogen and oxygen atoms in total. The van der Waals surface area contributed by atoms with Crippen LogP contribution in [0.5, 0.6) is 0 Å². The fraction of sp³-hybridized carbons (Fsp3) is 0.600. The highest BCUT2D eigenvalue weighted by Gasteiger charge is 2.23. The molecular formula is C15H26N4O3S. The Morgan fingerprint density at radius 1 is 1.57 bits per heavy atom. The molecule has 8 heteroatoms. The lowest BCUT2D eigenvalue weighted by atomic mass is 9.98. The van der Waals surface area contributed by atoms with Crippen molar-refractivity contribution in [3.05, 3.63) is 45.3 Å². The average Bonchev–Trinajstić information content (AvgIpc) is 2.88. The van der Waals surface area contributed by atoms with Crippen molar-refractivity contribution in [1.82, 2.24) is 10.6 Å². The van der Waals surface area contributed by atoms with Gasteiger partial charge in [-0.2, -0.15) is 11.8 Å². The van der Waals surface area contributed by atoms with E-state index in [4.69, 9.17) is 10.2 Å². The van der Waals surface area contributed by atoms with Crippen LogP contribution in [0.2, 0.25) is 0 Å². The second kappa shape index (κ2) is 8.83. The summed E-state index contributed by atoms with van der Waals surface area (Å²) in [5.41, 5.74) is 6.80. The molecule has 1 heterocycles. The van der Waals surface area contributed by atoms with E-state index in [-0.39, 0.29) is 0 Å². The molecule has 130 valence electrons. The number of aryl methyl sites for hydroxylation is 1. The van der Waals surface area contributed by atoms with Crippen LogP contribution in [0.25, 0.3) is 0 Å². The van der Waals surface area contributed by atoms with E-state index in [1.807, 2.05) is 13.8 Å². The normalized spacial score (nSPS) is 12.3. The molecule has 1 aromatic rings. The van der Waals surface area contributed by atoms with Gasteiger partial charge in [0.15, 0.2) is 5.82 Å². The number of nitrogens with two attached hydrogens (primary N) is 1. The molecule has 1 aromatic heterocycles. The van der Waals surface area contributed by atoms with Gasteiger partial charge < -0.3 is 20.8 Å². The molecule has 0 saturated carbocycles. The van der Waals surface area contributed by atoms with E-state index >= 15 is 0 Å². The second-order valence-electron chi connectivity index (χ2n) is 5.70. The number of thioether (sulfide) groups is 1. The van der Waals surface area contributed by atoms with Crippen LogP contribution < -0.4 is 16.4 Å². The minimum atomic E-state index is -0.489. The Kier molecular flexibility index (Phi) is 7.44. The predicted molar refractivity (Wildman–Crippen MR) is 93.6 cm³/mol. The zero-order valence-electron chi connectivity index (χ0n) is 14.1. The Morgan fingerprint density at radius 3 is 2.74 bits per heavy atom. The number of hydrogen-bond acceptors (Lipinski definition) is 7. The number of rotatable bonds is 10. The molecule has 0 fully saturated rings. The van der Waals surface area contributed by atoms with Crippen LogP contribution in [0.15, 0.2) is 22.5 Å². The van der Waals surface area contributed by atoms with Crippen molar-refractivity contribution in [3.8, 4) is 0 Å². The van der Waals surface area contributed by atoms with E-state index in [1.165, 1.54) is 0 Å². The van der Waals surface area contributed by atoms with Crippen LogP contribution in [-0.4, -0.2) is 24.3 Å². The lowest BCUT2D eigenvalue weighted by Crippen LogP contribution is -2.29. The fourth-order valence-electron chi connectivity index (χ4n) is 2.10. The third-order valence-corrected chi connectivity index (χ3v) is 4.12. The Bertz CT molecular complexity index is 549. The van der Waals surface area contributed by atoms with Crippen molar-refractivity contribution in [2.24, 2.45) is 5.73 Å². The number of nitrogens with one attached hydrogen (secondary N) is 2. The summed E-state index contributed by atoms with van der Waals surface area (Å²) in [4.78, 5) is 9.92. The molecule has 0 amide bonds. The maximum absolute atomic E-state index is 10.4. The summed E-state index contributed by atoms with van der Waals surface area (Å²) < 4.78 is 5.89. The standard InChI is InChI=1S/C15H26N4O3S/c1-5-11-8-12(22-14(11)15(2,3)16)10-23-7-6-18-13(17-4)9-19(20)21/h8-9,17-18H,5-7,10,16H2,1-4H3/b13-9+. The quantitative estimate of drug-likeness (QED) is 0.340. The highest BCUT2D eigenvalue weighted by atomic mass is 32.2. The van der Waals surface area contributed by atoms with E-state index in [9.17, 15) is 10.1 Å². The molecule has 0 aliphatic heterocycles. The summed E-state index contributed by atoms with van der Waals surface area (Å²) in [6, 6.07) is 2.07. The molecule has 0 aliphatic carbocycles. The van der Waals surface area contributed by atoms with Gasteiger partial charge in [-0.1, -0.05) is 6.92 Å². The first-order valence-electron chi connectivity index (χ1n) is 7.53. The Hall–Kier alpha value is -1.67. The van der Waals surface area contributed by atoms with Crippen molar-refractivity contribution >= 4 is 11.8 Å². The summed E-state index contributed by atoms with van der Waals surface area (Å²) in [5.74, 6) is 3.71. The van der Waals surface area contributed by atoms with Gasteiger partial charge in [0, 0.05) is 19.3 Å². The molecule has 0 aliphatic rings. The maximum atomic E-state index is 10.4. The molecule has 0 aromatic carbocycles. The third kappa shape index (κ3) is 6.54. The zero-order chi connectivity index (χ0) is 17.5. The minimum Gasteiger partial charge on any atom is -0.463 e. The van der Waals surface area contributed by atoms with E-state index in [0.29, 0.717) is 12.4 Å². The van der Waals surface area contributed by atoms with Crippen molar-refractivity contribution in [2.75, 3.05) is 19.3 Å². The monoisotopic (exact) mass is 342 g/mol. The number of nitrogens with zero attached hydrogens (tertiary/aromatic N) is 1.